The highest BCUT2D eigenvalue weighted by Crippen LogP contribution is 2.05. The van der Waals surface area contributed by atoms with Gasteiger partial charge in [-0.25, -0.2) is 4.98 Å². The second kappa shape index (κ2) is 8.44. The third kappa shape index (κ3) is 5.23. The number of aromatic nitrogens is 1. The van der Waals surface area contributed by atoms with Crippen molar-refractivity contribution >= 4 is 11.6 Å². The van der Waals surface area contributed by atoms with E-state index >= 15 is 0 Å². The number of ether oxygens (including phenoxy) is 2. The number of carbonyl (C=O) groups is 1. The first-order valence-corrected chi connectivity index (χ1v) is 6.21. The highest BCUT2D eigenvalue weighted by Gasteiger charge is 2.11. The summed E-state index contributed by atoms with van der Waals surface area (Å²) in [6, 6.07) is 3.51. The molecule has 1 rings (SSSR count). The summed E-state index contributed by atoms with van der Waals surface area (Å²) in [5, 5.41) is 5.88. The molecule has 0 fully saturated rings. The molecule has 0 saturated heterocycles. The monoisotopic (exact) mass is 267 g/mol. The van der Waals surface area contributed by atoms with Crippen LogP contribution in [-0.4, -0.2) is 50.9 Å². The van der Waals surface area contributed by atoms with Gasteiger partial charge in [0.15, 0.2) is 0 Å². The standard InChI is InChI=1S/C13H21N3O3/c1-4-14-10-5-6-12(15-7-10)13(17)16-8-11(19-3)9-18-2/h5-7,11,14H,4,8-9H2,1-3H3,(H,16,17). The fourth-order valence-corrected chi connectivity index (χ4v) is 1.53. The number of amides is 1. The molecule has 1 aromatic rings. The quantitative estimate of drug-likeness (QED) is 0.732. The van der Waals surface area contributed by atoms with Crippen LogP contribution in [-0.2, 0) is 9.47 Å². The lowest BCUT2D eigenvalue weighted by Gasteiger charge is -2.14. The molecule has 0 aromatic carbocycles. The van der Waals surface area contributed by atoms with Gasteiger partial charge in [0, 0.05) is 27.3 Å². The molecular formula is C13H21N3O3. The molecule has 0 spiro atoms. The van der Waals surface area contributed by atoms with Gasteiger partial charge in [0.05, 0.1) is 24.6 Å². The number of hydrogen-bond acceptors (Lipinski definition) is 5. The Morgan fingerprint density at radius 2 is 2.21 bits per heavy atom. The van der Waals surface area contributed by atoms with Gasteiger partial charge in [0.25, 0.3) is 5.91 Å². The van der Waals surface area contributed by atoms with Crippen LogP contribution >= 0.6 is 0 Å². The zero-order valence-electron chi connectivity index (χ0n) is 11.6. The Balaban J connectivity index is 2.48. The lowest BCUT2D eigenvalue weighted by Crippen LogP contribution is -2.35. The number of pyridine rings is 1. The van der Waals surface area contributed by atoms with Crippen molar-refractivity contribution in [3.63, 3.8) is 0 Å². The number of hydrogen-bond donors (Lipinski definition) is 2. The highest BCUT2D eigenvalue weighted by atomic mass is 16.5. The molecule has 0 aliphatic carbocycles. The van der Waals surface area contributed by atoms with E-state index in [4.69, 9.17) is 9.47 Å². The minimum atomic E-state index is -0.221. The van der Waals surface area contributed by atoms with Gasteiger partial charge in [0.2, 0.25) is 0 Å². The van der Waals surface area contributed by atoms with Crippen molar-refractivity contribution in [3.05, 3.63) is 24.0 Å². The van der Waals surface area contributed by atoms with E-state index in [1.54, 1.807) is 26.5 Å². The fourth-order valence-electron chi connectivity index (χ4n) is 1.53. The van der Waals surface area contributed by atoms with Crippen molar-refractivity contribution in [1.29, 1.82) is 0 Å². The zero-order chi connectivity index (χ0) is 14.1. The van der Waals surface area contributed by atoms with Crippen LogP contribution in [0.25, 0.3) is 0 Å². The van der Waals surface area contributed by atoms with Crippen LogP contribution in [0.15, 0.2) is 18.3 Å². The average Bonchev–Trinajstić information content (AvgIpc) is 2.44. The van der Waals surface area contributed by atoms with Gasteiger partial charge in [0.1, 0.15) is 5.69 Å². The molecule has 1 unspecified atom stereocenters. The maximum atomic E-state index is 11.8. The van der Waals surface area contributed by atoms with Crippen molar-refractivity contribution in [2.24, 2.45) is 0 Å². The van der Waals surface area contributed by atoms with E-state index in [0.29, 0.717) is 18.8 Å². The molecule has 1 heterocycles. The van der Waals surface area contributed by atoms with Crippen LogP contribution in [0, 0.1) is 0 Å². The topological polar surface area (TPSA) is 72.5 Å². The van der Waals surface area contributed by atoms with Crippen molar-refractivity contribution in [3.8, 4) is 0 Å². The van der Waals surface area contributed by atoms with Crippen LogP contribution in [0.4, 0.5) is 5.69 Å². The van der Waals surface area contributed by atoms with E-state index in [1.165, 1.54) is 0 Å². The van der Waals surface area contributed by atoms with Gasteiger partial charge in [-0.3, -0.25) is 4.79 Å². The van der Waals surface area contributed by atoms with Gasteiger partial charge in [-0.1, -0.05) is 0 Å². The molecule has 6 heteroatoms. The number of anilines is 1. The average molecular weight is 267 g/mol. The molecule has 0 aliphatic rings. The molecule has 1 aromatic heterocycles. The second-order valence-corrected chi connectivity index (χ2v) is 3.99. The first-order valence-electron chi connectivity index (χ1n) is 6.21. The van der Waals surface area contributed by atoms with Gasteiger partial charge in [-0.05, 0) is 19.1 Å². The van der Waals surface area contributed by atoms with Crippen LogP contribution in [0.2, 0.25) is 0 Å². The van der Waals surface area contributed by atoms with Crippen LogP contribution in [0.5, 0.6) is 0 Å². The molecular weight excluding hydrogens is 246 g/mol. The molecule has 2 N–H and O–H groups in total. The summed E-state index contributed by atoms with van der Waals surface area (Å²) in [6.07, 6.45) is 1.48. The van der Waals surface area contributed by atoms with Crippen molar-refractivity contribution < 1.29 is 14.3 Å². The zero-order valence-corrected chi connectivity index (χ0v) is 11.6. The Morgan fingerprint density at radius 1 is 1.42 bits per heavy atom. The Bertz CT molecular complexity index is 381. The molecule has 0 bridgehead atoms. The summed E-state index contributed by atoms with van der Waals surface area (Å²) in [4.78, 5) is 15.9. The van der Waals surface area contributed by atoms with E-state index in [0.717, 1.165) is 12.2 Å². The smallest absolute Gasteiger partial charge is 0.269 e. The molecule has 106 valence electrons. The highest BCUT2D eigenvalue weighted by molar-refractivity contribution is 5.92. The molecule has 0 aliphatic heterocycles. The number of carbonyl (C=O) groups excluding carboxylic acids is 1. The predicted octanol–water partition coefficient (Wildman–Crippen LogP) is 0.905. The first kappa shape index (κ1) is 15.4. The first-order chi connectivity index (χ1) is 9.21. The van der Waals surface area contributed by atoms with Crippen molar-refractivity contribution in [1.82, 2.24) is 10.3 Å². The maximum absolute atomic E-state index is 11.8. The van der Waals surface area contributed by atoms with Crippen LogP contribution < -0.4 is 10.6 Å². The molecule has 0 saturated carbocycles. The van der Waals surface area contributed by atoms with Crippen LogP contribution in [0.3, 0.4) is 0 Å². The third-order valence-corrected chi connectivity index (χ3v) is 2.55. The second-order valence-electron chi connectivity index (χ2n) is 3.99. The molecule has 1 amide bonds. The number of rotatable bonds is 8. The summed E-state index contributed by atoms with van der Waals surface area (Å²) in [6.45, 7) is 3.64. The Morgan fingerprint density at radius 3 is 2.74 bits per heavy atom. The summed E-state index contributed by atoms with van der Waals surface area (Å²) >= 11 is 0. The number of nitrogens with zero attached hydrogens (tertiary/aromatic N) is 1. The van der Waals surface area contributed by atoms with Gasteiger partial charge in [-0.2, -0.15) is 0 Å². The maximum Gasteiger partial charge on any atom is 0.269 e. The summed E-state index contributed by atoms with van der Waals surface area (Å²) in [5.74, 6) is -0.221. The van der Waals surface area contributed by atoms with E-state index in [2.05, 4.69) is 15.6 Å². The fraction of sp³-hybridized carbons (Fsp3) is 0.538. The Kier molecular flexibility index (Phi) is 6.84. The van der Waals surface area contributed by atoms with E-state index in [-0.39, 0.29) is 12.0 Å². The third-order valence-electron chi connectivity index (χ3n) is 2.55. The van der Waals surface area contributed by atoms with Crippen LogP contribution in [0.1, 0.15) is 17.4 Å². The lowest BCUT2D eigenvalue weighted by atomic mass is 10.3. The lowest BCUT2D eigenvalue weighted by molar-refractivity contribution is 0.0285. The van der Waals surface area contributed by atoms with Gasteiger partial charge >= 0.3 is 0 Å². The van der Waals surface area contributed by atoms with Gasteiger partial charge in [-0.15, -0.1) is 0 Å². The number of nitrogens with one attached hydrogen (secondary N) is 2. The SMILES string of the molecule is CCNc1ccc(C(=O)NCC(COC)OC)nc1. The minimum Gasteiger partial charge on any atom is -0.384 e. The number of methoxy groups -OCH3 is 2. The van der Waals surface area contributed by atoms with E-state index in [9.17, 15) is 4.79 Å². The summed E-state index contributed by atoms with van der Waals surface area (Å²) < 4.78 is 10.1. The van der Waals surface area contributed by atoms with Gasteiger partial charge < -0.3 is 20.1 Å². The molecule has 6 nitrogen and oxygen atoms in total. The van der Waals surface area contributed by atoms with Crippen molar-refractivity contribution in [2.75, 3.05) is 39.2 Å². The van der Waals surface area contributed by atoms with E-state index < -0.39 is 0 Å². The molecule has 19 heavy (non-hydrogen) atoms. The normalized spacial score (nSPS) is 11.9. The molecule has 0 radical (unpaired) electrons. The Labute approximate surface area is 113 Å². The molecule has 1 atom stereocenters. The largest absolute Gasteiger partial charge is 0.384 e. The van der Waals surface area contributed by atoms with Crippen molar-refractivity contribution in [2.45, 2.75) is 13.0 Å². The Hall–Kier alpha value is -1.66. The van der Waals surface area contributed by atoms with E-state index in [1.807, 2.05) is 13.0 Å². The minimum absolute atomic E-state index is 0.157. The summed E-state index contributed by atoms with van der Waals surface area (Å²) in [7, 11) is 3.17. The summed E-state index contributed by atoms with van der Waals surface area (Å²) in [5.41, 5.74) is 1.28. The predicted molar refractivity (Wildman–Crippen MR) is 73.4 cm³/mol.